The Morgan fingerprint density at radius 2 is 1.75 bits per heavy atom. The summed E-state index contributed by atoms with van der Waals surface area (Å²) < 4.78 is 5.61. The molecule has 0 heterocycles. The normalized spacial score (nSPS) is 10.2. The van der Waals surface area contributed by atoms with E-state index in [1.807, 2.05) is 42.5 Å². The van der Waals surface area contributed by atoms with Crippen molar-refractivity contribution in [2.24, 2.45) is 5.73 Å². The van der Waals surface area contributed by atoms with Gasteiger partial charge < -0.3 is 15.4 Å². The number of para-hydroxylation sites is 1. The molecule has 126 valence electrons. The molecular formula is C18H20N2O3S. The first-order valence-electron chi connectivity index (χ1n) is 7.51. The van der Waals surface area contributed by atoms with Gasteiger partial charge in [-0.1, -0.05) is 30.3 Å². The fourth-order valence-electron chi connectivity index (χ4n) is 2.04. The molecule has 5 nitrogen and oxygen atoms in total. The van der Waals surface area contributed by atoms with Gasteiger partial charge in [0.15, 0.2) is 0 Å². The van der Waals surface area contributed by atoms with E-state index in [0.29, 0.717) is 18.7 Å². The molecule has 0 saturated carbocycles. The number of nitrogens with zero attached hydrogens (tertiary/aromatic N) is 1. The fourth-order valence-corrected chi connectivity index (χ4v) is 2.83. The van der Waals surface area contributed by atoms with Crippen molar-refractivity contribution >= 4 is 23.6 Å². The lowest BCUT2D eigenvalue weighted by Crippen LogP contribution is -2.31. The average Bonchev–Trinajstić information content (AvgIpc) is 2.60. The second-order valence-electron chi connectivity index (χ2n) is 5.14. The van der Waals surface area contributed by atoms with Crippen LogP contribution in [-0.4, -0.2) is 42.7 Å². The van der Waals surface area contributed by atoms with Crippen LogP contribution in [0.15, 0.2) is 59.5 Å². The van der Waals surface area contributed by atoms with Crippen LogP contribution in [0.3, 0.4) is 0 Å². The molecule has 6 heteroatoms. The van der Waals surface area contributed by atoms with Crippen LogP contribution in [0.4, 0.5) is 0 Å². The molecule has 0 aliphatic heterocycles. The minimum atomic E-state index is -0.410. The monoisotopic (exact) mass is 344 g/mol. The number of likely N-dealkylation sites (N-methyl/N-ethyl adjacent to an activating group) is 1. The zero-order valence-electron chi connectivity index (χ0n) is 13.5. The van der Waals surface area contributed by atoms with Crippen LogP contribution in [0, 0.1) is 0 Å². The number of ether oxygens (including phenoxy) is 1. The molecule has 2 aromatic rings. The van der Waals surface area contributed by atoms with Crippen molar-refractivity contribution in [1.29, 1.82) is 0 Å². The van der Waals surface area contributed by atoms with Gasteiger partial charge in [0.2, 0.25) is 5.91 Å². The van der Waals surface area contributed by atoms with E-state index in [-0.39, 0.29) is 11.7 Å². The summed E-state index contributed by atoms with van der Waals surface area (Å²) in [7, 11) is 1.73. The zero-order valence-corrected chi connectivity index (χ0v) is 14.3. The van der Waals surface area contributed by atoms with Crippen molar-refractivity contribution in [2.45, 2.75) is 4.90 Å². The molecule has 0 radical (unpaired) electrons. The Bertz CT molecular complexity index is 692. The Labute approximate surface area is 145 Å². The summed E-state index contributed by atoms with van der Waals surface area (Å²) in [5.74, 6) is 0.396. The first-order valence-corrected chi connectivity index (χ1v) is 8.50. The van der Waals surface area contributed by atoms with Crippen molar-refractivity contribution in [2.75, 3.05) is 26.0 Å². The highest BCUT2D eigenvalue weighted by Crippen LogP contribution is 2.23. The summed E-state index contributed by atoms with van der Waals surface area (Å²) in [6, 6.07) is 16.7. The van der Waals surface area contributed by atoms with E-state index in [1.54, 1.807) is 24.1 Å². The Balaban J connectivity index is 1.93. The van der Waals surface area contributed by atoms with E-state index in [1.165, 1.54) is 11.8 Å². The van der Waals surface area contributed by atoms with Crippen LogP contribution in [-0.2, 0) is 4.79 Å². The smallest absolute Gasteiger partial charge is 0.254 e. The van der Waals surface area contributed by atoms with Crippen LogP contribution < -0.4 is 10.5 Å². The predicted octanol–water partition coefficient (Wildman–Crippen LogP) is 2.42. The highest BCUT2D eigenvalue weighted by Gasteiger charge is 2.16. The van der Waals surface area contributed by atoms with Crippen LogP contribution in [0.5, 0.6) is 5.75 Å². The lowest BCUT2D eigenvalue weighted by molar-refractivity contribution is -0.115. The molecular weight excluding hydrogens is 324 g/mol. The minimum absolute atomic E-state index is 0.112. The van der Waals surface area contributed by atoms with Gasteiger partial charge in [-0.05, 0) is 24.3 Å². The van der Waals surface area contributed by atoms with E-state index in [4.69, 9.17) is 10.5 Å². The molecule has 0 saturated heterocycles. The Kier molecular flexibility index (Phi) is 6.69. The van der Waals surface area contributed by atoms with Gasteiger partial charge in [-0.15, -0.1) is 11.8 Å². The molecule has 0 spiro atoms. The first kappa shape index (κ1) is 17.9. The zero-order chi connectivity index (χ0) is 17.4. The Morgan fingerprint density at radius 3 is 2.46 bits per heavy atom. The number of nitrogens with two attached hydrogens (primary N) is 1. The van der Waals surface area contributed by atoms with Crippen molar-refractivity contribution in [3.8, 4) is 5.75 Å². The maximum absolute atomic E-state index is 12.6. The SMILES string of the molecule is CN(CCOc1ccccc1)C(=O)c1ccccc1SCC(N)=O. The fraction of sp³-hybridized carbons (Fsp3) is 0.222. The number of carbonyl (C=O) groups excluding carboxylic acids is 2. The summed E-state index contributed by atoms with van der Waals surface area (Å²) in [6.07, 6.45) is 0. The molecule has 0 atom stereocenters. The number of rotatable bonds is 8. The summed E-state index contributed by atoms with van der Waals surface area (Å²) in [6.45, 7) is 0.866. The van der Waals surface area contributed by atoms with E-state index in [9.17, 15) is 9.59 Å². The number of hydrogen-bond acceptors (Lipinski definition) is 4. The number of thioether (sulfide) groups is 1. The van der Waals surface area contributed by atoms with Gasteiger partial charge in [-0.25, -0.2) is 0 Å². The third-order valence-corrected chi connectivity index (χ3v) is 4.37. The second-order valence-corrected chi connectivity index (χ2v) is 6.16. The third kappa shape index (κ3) is 5.31. The lowest BCUT2D eigenvalue weighted by Gasteiger charge is -2.19. The van der Waals surface area contributed by atoms with Gasteiger partial charge in [0, 0.05) is 11.9 Å². The highest BCUT2D eigenvalue weighted by molar-refractivity contribution is 8.00. The maximum atomic E-state index is 12.6. The molecule has 2 N–H and O–H groups in total. The number of primary amides is 1. The molecule has 24 heavy (non-hydrogen) atoms. The number of benzene rings is 2. The number of hydrogen-bond donors (Lipinski definition) is 1. The number of carbonyl (C=O) groups is 2. The Hall–Kier alpha value is -2.47. The van der Waals surface area contributed by atoms with Gasteiger partial charge in [-0.3, -0.25) is 9.59 Å². The van der Waals surface area contributed by atoms with Gasteiger partial charge in [-0.2, -0.15) is 0 Å². The molecule has 0 bridgehead atoms. The summed E-state index contributed by atoms with van der Waals surface area (Å²) in [5, 5.41) is 0. The van der Waals surface area contributed by atoms with Crippen molar-refractivity contribution in [3.63, 3.8) is 0 Å². The molecule has 0 fully saturated rings. The van der Waals surface area contributed by atoms with Gasteiger partial charge in [0.25, 0.3) is 5.91 Å². The summed E-state index contributed by atoms with van der Waals surface area (Å²) in [4.78, 5) is 25.9. The molecule has 0 aliphatic carbocycles. The third-order valence-electron chi connectivity index (χ3n) is 3.27. The molecule has 0 unspecified atom stereocenters. The molecule has 2 amide bonds. The quantitative estimate of drug-likeness (QED) is 0.747. The van der Waals surface area contributed by atoms with E-state index < -0.39 is 5.91 Å². The van der Waals surface area contributed by atoms with Gasteiger partial charge in [0.1, 0.15) is 12.4 Å². The lowest BCUT2D eigenvalue weighted by atomic mass is 10.2. The Morgan fingerprint density at radius 1 is 1.08 bits per heavy atom. The van der Waals surface area contributed by atoms with Gasteiger partial charge >= 0.3 is 0 Å². The molecule has 0 aliphatic rings. The van der Waals surface area contributed by atoms with Crippen LogP contribution >= 0.6 is 11.8 Å². The average molecular weight is 344 g/mol. The largest absolute Gasteiger partial charge is 0.492 e. The molecule has 2 aromatic carbocycles. The first-order chi connectivity index (χ1) is 11.6. The number of amides is 2. The van der Waals surface area contributed by atoms with Crippen LogP contribution in [0.25, 0.3) is 0 Å². The van der Waals surface area contributed by atoms with Gasteiger partial charge in [0.05, 0.1) is 17.9 Å². The second kappa shape index (κ2) is 8.98. The summed E-state index contributed by atoms with van der Waals surface area (Å²) >= 11 is 1.27. The summed E-state index contributed by atoms with van der Waals surface area (Å²) in [5.41, 5.74) is 5.74. The van der Waals surface area contributed by atoms with Crippen LogP contribution in [0.2, 0.25) is 0 Å². The predicted molar refractivity (Wildman–Crippen MR) is 95.3 cm³/mol. The van der Waals surface area contributed by atoms with Crippen molar-refractivity contribution in [3.05, 3.63) is 60.2 Å². The molecule has 0 aromatic heterocycles. The minimum Gasteiger partial charge on any atom is -0.492 e. The molecule has 2 rings (SSSR count). The van der Waals surface area contributed by atoms with E-state index in [0.717, 1.165) is 10.6 Å². The maximum Gasteiger partial charge on any atom is 0.254 e. The van der Waals surface area contributed by atoms with E-state index >= 15 is 0 Å². The standard InChI is InChI=1S/C18H20N2O3S/c1-20(11-12-23-14-7-3-2-4-8-14)18(22)15-9-5-6-10-16(15)24-13-17(19)21/h2-10H,11-13H2,1H3,(H2,19,21). The van der Waals surface area contributed by atoms with E-state index in [2.05, 4.69) is 0 Å². The highest BCUT2D eigenvalue weighted by atomic mass is 32.2. The van der Waals surface area contributed by atoms with Crippen molar-refractivity contribution < 1.29 is 14.3 Å². The van der Waals surface area contributed by atoms with Crippen molar-refractivity contribution in [1.82, 2.24) is 4.90 Å². The topological polar surface area (TPSA) is 72.6 Å². The van der Waals surface area contributed by atoms with Crippen LogP contribution in [0.1, 0.15) is 10.4 Å².